The van der Waals surface area contributed by atoms with Gasteiger partial charge >= 0.3 is 0 Å². The topological polar surface area (TPSA) is 70.6 Å². The summed E-state index contributed by atoms with van der Waals surface area (Å²) in [5.74, 6) is -0.0410. The van der Waals surface area contributed by atoms with Gasteiger partial charge in [-0.15, -0.1) is 12.4 Å². The minimum Gasteiger partial charge on any atom is -0.506 e. The van der Waals surface area contributed by atoms with Crippen LogP contribution in [0.25, 0.3) is 0 Å². The van der Waals surface area contributed by atoms with Gasteiger partial charge in [-0.1, -0.05) is 6.07 Å². The Morgan fingerprint density at radius 2 is 2.37 bits per heavy atom. The van der Waals surface area contributed by atoms with Crippen molar-refractivity contribution in [2.24, 2.45) is 0 Å². The molecule has 1 unspecified atom stereocenters. The number of carbonyl (C=O) groups excluding carboxylic acids is 1. The number of nitrogens with one attached hydrogen (secondary N) is 2. The molecule has 0 aliphatic carbocycles. The van der Waals surface area contributed by atoms with Crippen molar-refractivity contribution >= 4 is 24.0 Å². The second-order valence-electron chi connectivity index (χ2n) is 4.50. The molecule has 1 aromatic rings. The van der Waals surface area contributed by atoms with Crippen molar-refractivity contribution in [1.82, 2.24) is 5.32 Å². The molecule has 0 radical (unpaired) electrons. The number of phenols is 1. The molecule has 1 atom stereocenters. The quantitative estimate of drug-likeness (QED) is 0.736. The summed E-state index contributed by atoms with van der Waals surface area (Å²) in [6.45, 7) is 3.92. The van der Waals surface area contributed by atoms with Gasteiger partial charge in [0.2, 0.25) is 5.91 Å². The van der Waals surface area contributed by atoms with E-state index in [9.17, 15) is 9.90 Å². The summed E-state index contributed by atoms with van der Waals surface area (Å²) < 4.78 is 5.28. The van der Waals surface area contributed by atoms with Crippen LogP contribution in [0.1, 0.15) is 12.0 Å². The second kappa shape index (κ2) is 7.33. The van der Waals surface area contributed by atoms with Crippen LogP contribution in [0.15, 0.2) is 18.2 Å². The minimum absolute atomic E-state index is 0. The summed E-state index contributed by atoms with van der Waals surface area (Å²) in [5.41, 5.74) is 1.44. The third-order valence-corrected chi connectivity index (χ3v) is 2.86. The Kier molecular flexibility index (Phi) is 6.08. The number of hydrogen-bond acceptors (Lipinski definition) is 4. The summed E-state index contributed by atoms with van der Waals surface area (Å²) in [5, 5.41) is 15.6. The Bertz CT molecular complexity index is 434. The van der Waals surface area contributed by atoms with E-state index >= 15 is 0 Å². The molecule has 19 heavy (non-hydrogen) atoms. The molecule has 1 heterocycles. The zero-order valence-electron chi connectivity index (χ0n) is 10.8. The lowest BCUT2D eigenvalue weighted by molar-refractivity contribution is -0.117. The summed E-state index contributed by atoms with van der Waals surface area (Å²) in [6, 6.07) is 5.16. The summed E-state index contributed by atoms with van der Waals surface area (Å²) in [4.78, 5) is 11.8. The number of aryl methyl sites for hydroxylation is 1. The highest BCUT2D eigenvalue weighted by Gasteiger charge is 2.17. The van der Waals surface area contributed by atoms with Crippen molar-refractivity contribution < 1.29 is 14.6 Å². The Morgan fingerprint density at radius 3 is 3.05 bits per heavy atom. The van der Waals surface area contributed by atoms with Crippen LogP contribution in [-0.2, 0) is 9.53 Å². The van der Waals surface area contributed by atoms with Gasteiger partial charge in [0, 0.05) is 19.0 Å². The predicted molar refractivity (Wildman–Crippen MR) is 75.9 cm³/mol. The third-order valence-electron chi connectivity index (χ3n) is 2.86. The average Bonchev–Trinajstić information content (AvgIpc) is 2.35. The maximum absolute atomic E-state index is 11.8. The van der Waals surface area contributed by atoms with Crippen LogP contribution in [-0.4, -0.2) is 36.8 Å². The highest BCUT2D eigenvalue weighted by molar-refractivity contribution is 5.92. The van der Waals surface area contributed by atoms with Crippen molar-refractivity contribution in [2.75, 3.05) is 25.1 Å². The molecule has 1 aliphatic rings. The Hall–Kier alpha value is -1.30. The molecule has 1 fully saturated rings. The number of carbonyl (C=O) groups is 1. The number of anilines is 1. The number of aromatic hydroxyl groups is 1. The largest absolute Gasteiger partial charge is 0.506 e. The predicted octanol–water partition coefficient (Wildman–Crippen LogP) is 1.44. The van der Waals surface area contributed by atoms with Gasteiger partial charge in [-0.2, -0.15) is 0 Å². The molecule has 0 spiro atoms. The summed E-state index contributed by atoms with van der Waals surface area (Å²) in [7, 11) is 0. The van der Waals surface area contributed by atoms with Crippen LogP contribution in [0.3, 0.4) is 0 Å². The monoisotopic (exact) mass is 286 g/mol. The van der Waals surface area contributed by atoms with Gasteiger partial charge in [0.15, 0.2) is 0 Å². The molecule has 5 nitrogen and oxygen atoms in total. The maximum Gasteiger partial charge on any atom is 0.226 e. The standard InChI is InChI=1S/C13H18N2O3.ClH/c1-9-2-3-12(16)11(6-9)15-13(17)7-10-8-18-5-4-14-10;/h2-3,6,10,14,16H,4-5,7-8H2,1H3,(H,15,17);1H. The van der Waals surface area contributed by atoms with Gasteiger partial charge in [-0.3, -0.25) is 4.79 Å². The van der Waals surface area contributed by atoms with Crippen molar-refractivity contribution in [2.45, 2.75) is 19.4 Å². The zero-order chi connectivity index (χ0) is 13.0. The molecule has 1 saturated heterocycles. The lowest BCUT2D eigenvalue weighted by atomic mass is 10.1. The Labute approximate surface area is 118 Å². The van der Waals surface area contributed by atoms with Gasteiger partial charge in [0.1, 0.15) is 5.75 Å². The van der Waals surface area contributed by atoms with E-state index in [0.717, 1.165) is 12.1 Å². The van der Waals surface area contributed by atoms with E-state index in [1.807, 2.05) is 6.92 Å². The molecule has 1 aliphatic heterocycles. The van der Waals surface area contributed by atoms with Gasteiger partial charge in [0.25, 0.3) is 0 Å². The molecule has 1 aromatic carbocycles. The maximum atomic E-state index is 11.8. The van der Waals surface area contributed by atoms with E-state index in [2.05, 4.69) is 10.6 Å². The van der Waals surface area contributed by atoms with Crippen LogP contribution in [0.4, 0.5) is 5.69 Å². The lowest BCUT2D eigenvalue weighted by Crippen LogP contribution is -2.43. The number of hydrogen-bond donors (Lipinski definition) is 3. The first-order valence-electron chi connectivity index (χ1n) is 6.06. The number of phenolic OH excluding ortho intramolecular Hbond substituents is 1. The minimum atomic E-state index is -0.126. The van der Waals surface area contributed by atoms with E-state index in [-0.39, 0.29) is 30.1 Å². The molecule has 2 rings (SSSR count). The highest BCUT2D eigenvalue weighted by Crippen LogP contribution is 2.24. The smallest absolute Gasteiger partial charge is 0.226 e. The van der Waals surface area contributed by atoms with E-state index < -0.39 is 0 Å². The Morgan fingerprint density at radius 1 is 1.58 bits per heavy atom. The first-order chi connectivity index (χ1) is 8.65. The van der Waals surface area contributed by atoms with E-state index in [4.69, 9.17) is 4.74 Å². The number of morpholine rings is 1. The van der Waals surface area contributed by atoms with Crippen LogP contribution in [0.5, 0.6) is 5.75 Å². The van der Waals surface area contributed by atoms with Crippen molar-refractivity contribution in [1.29, 1.82) is 0 Å². The fraction of sp³-hybridized carbons (Fsp3) is 0.462. The van der Waals surface area contributed by atoms with Crippen molar-refractivity contribution in [3.05, 3.63) is 23.8 Å². The first-order valence-corrected chi connectivity index (χ1v) is 6.06. The highest BCUT2D eigenvalue weighted by atomic mass is 35.5. The van der Waals surface area contributed by atoms with Gasteiger partial charge in [-0.05, 0) is 24.6 Å². The fourth-order valence-electron chi connectivity index (χ4n) is 1.93. The molecule has 0 saturated carbocycles. The van der Waals surface area contributed by atoms with Crippen LogP contribution < -0.4 is 10.6 Å². The lowest BCUT2D eigenvalue weighted by Gasteiger charge is -2.23. The SMILES string of the molecule is Cc1ccc(O)c(NC(=O)CC2COCCN2)c1.Cl. The van der Waals surface area contributed by atoms with Crippen molar-refractivity contribution in [3.8, 4) is 5.75 Å². The molecule has 6 heteroatoms. The van der Waals surface area contributed by atoms with Crippen LogP contribution in [0.2, 0.25) is 0 Å². The van der Waals surface area contributed by atoms with Gasteiger partial charge < -0.3 is 20.5 Å². The molecular weight excluding hydrogens is 268 g/mol. The number of benzene rings is 1. The van der Waals surface area contributed by atoms with Crippen LogP contribution >= 0.6 is 12.4 Å². The molecular formula is C13H19ClN2O3. The number of rotatable bonds is 3. The number of ether oxygens (including phenoxy) is 1. The zero-order valence-corrected chi connectivity index (χ0v) is 11.6. The Balaban J connectivity index is 0.00000180. The average molecular weight is 287 g/mol. The van der Waals surface area contributed by atoms with Crippen LogP contribution in [0, 0.1) is 6.92 Å². The van der Waals surface area contributed by atoms with Crippen molar-refractivity contribution in [3.63, 3.8) is 0 Å². The van der Waals surface area contributed by atoms with Gasteiger partial charge in [0.05, 0.1) is 18.9 Å². The second-order valence-corrected chi connectivity index (χ2v) is 4.50. The molecule has 106 valence electrons. The van der Waals surface area contributed by atoms with E-state index in [1.165, 1.54) is 0 Å². The van der Waals surface area contributed by atoms with E-state index in [1.54, 1.807) is 18.2 Å². The number of halogens is 1. The molecule has 0 bridgehead atoms. The third kappa shape index (κ3) is 4.70. The first kappa shape index (κ1) is 15.8. The van der Waals surface area contributed by atoms with Gasteiger partial charge in [-0.25, -0.2) is 0 Å². The number of amides is 1. The summed E-state index contributed by atoms with van der Waals surface area (Å²) >= 11 is 0. The van der Waals surface area contributed by atoms with E-state index in [0.29, 0.717) is 25.3 Å². The molecule has 1 amide bonds. The fourth-order valence-corrected chi connectivity index (χ4v) is 1.93. The normalized spacial score (nSPS) is 18.5. The molecule has 0 aromatic heterocycles. The summed E-state index contributed by atoms with van der Waals surface area (Å²) in [6.07, 6.45) is 0.341. The molecule has 3 N–H and O–H groups in total.